The smallest absolute Gasteiger partial charge is 0.263 e. The van der Waals surface area contributed by atoms with E-state index in [0.717, 1.165) is 10.9 Å². The van der Waals surface area contributed by atoms with E-state index in [-0.39, 0.29) is 34.9 Å². The molecule has 0 saturated carbocycles. The Balaban J connectivity index is 1.70. The number of nitrogens with zero attached hydrogens (tertiary/aromatic N) is 2. The number of aromatic nitrogens is 1. The normalized spacial score (nSPS) is 23.2. The number of hydrogen-bond donors (Lipinski definition) is 1. The molecule has 2 aromatic rings. The summed E-state index contributed by atoms with van der Waals surface area (Å²) in [7, 11) is 1.68. The van der Waals surface area contributed by atoms with Gasteiger partial charge in [-0.3, -0.25) is 14.4 Å². The van der Waals surface area contributed by atoms with Crippen LogP contribution in [0.5, 0.6) is 0 Å². The van der Waals surface area contributed by atoms with Crippen LogP contribution in [0.15, 0.2) is 35.1 Å². The van der Waals surface area contributed by atoms with Crippen LogP contribution < -0.4 is 10.9 Å². The predicted octanol–water partition coefficient (Wildman–Crippen LogP) is 0.499. The first-order valence-electron chi connectivity index (χ1n) is 7.72. The highest BCUT2D eigenvalue weighted by Gasteiger charge is 2.42. The molecule has 1 aromatic carbocycles. The predicted molar refractivity (Wildman–Crippen MR) is 85.1 cm³/mol. The van der Waals surface area contributed by atoms with Crippen LogP contribution in [-0.4, -0.2) is 40.4 Å². The Morgan fingerprint density at radius 2 is 2.00 bits per heavy atom. The van der Waals surface area contributed by atoms with Gasteiger partial charge in [0, 0.05) is 32.5 Å². The molecule has 4 rings (SSSR count). The van der Waals surface area contributed by atoms with Crippen molar-refractivity contribution in [3.05, 3.63) is 46.2 Å². The summed E-state index contributed by atoms with van der Waals surface area (Å²) >= 11 is 0. The van der Waals surface area contributed by atoms with E-state index < -0.39 is 0 Å². The molecule has 23 heavy (non-hydrogen) atoms. The fraction of sp³-hybridized carbons (Fsp3) is 0.353. The molecule has 0 unspecified atom stereocenters. The third kappa shape index (κ3) is 2.13. The molecular weight excluding hydrogens is 294 g/mol. The van der Waals surface area contributed by atoms with Gasteiger partial charge in [-0.15, -0.1) is 0 Å². The maximum atomic E-state index is 12.8. The van der Waals surface area contributed by atoms with E-state index in [2.05, 4.69) is 5.32 Å². The van der Waals surface area contributed by atoms with Gasteiger partial charge in [0.15, 0.2) is 0 Å². The number of hydrogen-bond acceptors (Lipinski definition) is 3. The highest BCUT2D eigenvalue weighted by Crippen LogP contribution is 2.26. The molecule has 0 radical (unpaired) electrons. The number of carbonyl (C=O) groups is 2. The first-order chi connectivity index (χ1) is 11.0. The third-order valence-electron chi connectivity index (χ3n) is 4.89. The Bertz CT molecular complexity index is 870. The van der Waals surface area contributed by atoms with Crippen molar-refractivity contribution in [1.29, 1.82) is 0 Å². The summed E-state index contributed by atoms with van der Waals surface area (Å²) in [6.45, 7) is 1.00. The van der Waals surface area contributed by atoms with Gasteiger partial charge in [-0.2, -0.15) is 0 Å². The van der Waals surface area contributed by atoms with Crippen LogP contribution in [0.25, 0.3) is 10.9 Å². The standard InChI is InChI=1S/C17H17N3O3/c1-19-14-5-3-2-4-10(14)6-12(16(19)22)17(23)20-8-11-7-15(21)18-13(11)9-20/h2-6,11,13H,7-9H2,1H3,(H,18,21)/t11-,13+/m0/s1. The topological polar surface area (TPSA) is 71.4 Å². The number of amides is 2. The van der Waals surface area contributed by atoms with Crippen molar-refractivity contribution in [3.63, 3.8) is 0 Å². The van der Waals surface area contributed by atoms with Crippen LogP contribution in [0.2, 0.25) is 0 Å². The molecule has 118 valence electrons. The molecule has 2 saturated heterocycles. The number of rotatable bonds is 1. The quantitative estimate of drug-likeness (QED) is 0.833. The van der Waals surface area contributed by atoms with E-state index in [4.69, 9.17) is 0 Å². The lowest BCUT2D eigenvalue weighted by Gasteiger charge is -2.18. The lowest BCUT2D eigenvalue weighted by molar-refractivity contribution is -0.119. The Morgan fingerprint density at radius 1 is 1.22 bits per heavy atom. The number of likely N-dealkylation sites (tertiary alicyclic amines) is 1. The number of nitrogens with one attached hydrogen (secondary N) is 1. The van der Waals surface area contributed by atoms with Crippen LogP contribution in [0, 0.1) is 5.92 Å². The van der Waals surface area contributed by atoms with Gasteiger partial charge >= 0.3 is 0 Å². The van der Waals surface area contributed by atoms with E-state index in [1.54, 1.807) is 18.0 Å². The number of para-hydroxylation sites is 1. The van der Waals surface area contributed by atoms with Crippen LogP contribution in [0.3, 0.4) is 0 Å². The van der Waals surface area contributed by atoms with Crippen LogP contribution >= 0.6 is 0 Å². The molecule has 6 nitrogen and oxygen atoms in total. The minimum atomic E-state index is -0.283. The van der Waals surface area contributed by atoms with Gasteiger partial charge in [-0.05, 0) is 17.5 Å². The van der Waals surface area contributed by atoms with Crippen molar-refractivity contribution in [2.24, 2.45) is 13.0 Å². The molecule has 6 heteroatoms. The second-order valence-corrected chi connectivity index (χ2v) is 6.33. The maximum Gasteiger partial charge on any atom is 0.263 e. The summed E-state index contributed by atoms with van der Waals surface area (Å²) in [6, 6.07) is 9.21. The van der Waals surface area contributed by atoms with Crippen molar-refractivity contribution in [1.82, 2.24) is 14.8 Å². The summed E-state index contributed by atoms with van der Waals surface area (Å²) in [6.07, 6.45) is 0.462. The second kappa shape index (κ2) is 4.94. The SMILES string of the molecule is Cn1c(=O)c(C(=O)N2C[C@@H]3CC(=O)N[C@@H]3C2)cc2ccccc21. The van der Waals surface area contributed by atoms with E-state index >= 15 is 0 Å². The van der Waals surface area contributed by atoms with Gasteiger partial charge in [0.2, 0.25) is 5.91 Å². The molecule has 3 heterocycles. The van der Waals surface area contributed by atoms with Gasteiger partial charge < -0.3 is 14.8 Å². The Hall–Kier alpha value is -2.63. The van der Waals surface area contributed by atoms with E-state index in [0.29, 0.717) is 19.5 Å². The second-order valence-electron chi connectivity index (χ2n) is 6.33. The van der Waals surface area contributed by atoms with Crippen LogP contribution in [-0.2, 0) is 11.8 Å². The van der Waals surface area contributed by atoms with Crippen molar-refractivity contribution >= 4 is 22.7 Å². The minimum Gasteiger partial charge on any atom is -0.351 e. The monoisotopic (exact) mass is 311 g/mol. The first-order valence-corrected chi connectivity index (χ1v) is 7.72. The fourth-order valence-electron chi connectivity index (χ4n) is 3.66. The Kier molecular flexibility index (Phi) is 3.01. The Morgan fingerprint density at radius 3 is 2.78 bits per heavy atom. The number of pyridine rings is 1. The van der Waals surface area contributed by atoms with Gasteiger partial charge in [-0.1, -0.05) is 18.2 Å². The maximum absolute atomic E-state index is 12.8. The summed E-state index contributed by atoms with van der Waals surface area (Å²) in [4.78, 5) is 38.4. The summed E-state index contributed by atoms with van der Waals surface area (Å²) in [5.74, 6) is -0.0375. The summed E-state index contributed by atoms with van der Waals surface area (Å²) in [5.41, 5.74) is 0.715. The molecule has 1 N–H and O–H groups in total. The molecule has 2 fully saturated rings. The zero-order valence-corrected chi connectivity index (χ0v) is 12.8. The highest BCUT2D eigenvalue weighted by atomic mass is 16.2. The first kappa shape index (κ1) is 14.0. The lowest BCUT2D eigenvalue weighted by atomic mass is 10.1. The zero-order chi connectivity index (χ0) is 16.1. The highest BCUT2D eigenvalue weighted by molar-refractivity contribution is 5.97. The summed E-state index contributed by atoms with van der Waals surface area (Å²) in [5, 5.41) is 3.76. The Labute approximate surface area is 132 Å². The van der Waals surface area contributed by atoms with E-state index in [1.165, 1.54) is 4.57 Å². The molecule has 1 aromatic heterocycles. The molecular formula is C17H17N3O3. The average Bonchev–Trinajstić information content (AvgIpc) is 3.07. The van der Waals surface area contributed by atoms with E-state index in [1.807, 2.05) is 24.3 Å². The van der Waals surface area contributed by atoms with Crippen LogP contribution in [0.4, 0.5) is 0 Å². The van der Waals surface area contributed by atoms with Gasteiger partial charge in [0.1, 0.15) is 5.56 Å². The third-order valence-corrected chi connectivity index (χ3v) is 4.89. The molecule has 2 amide bonds. The zero-order valence-electron chi connectivity index (χ0n) is 12.8. The average molecular weight is 311 g/mol. The molecule has 0 aliphatic carbocycles. The number of aryl methyl sites for hydroxylation is 1. The van der Waals surface area contributed by atoms with Gasteiger partial charge in [0.05, 0.1) is 11.6 Å². The number of carbonyl (C=O) groups excluding carboxylic acids is 2. The van der Waals surface area contributed by atoms with Crippen molar-refractivity contribution < 1.29 is 9.59 Å². The molecule has 2 aliphatic rings. The minimum absolute atomic E-state index is 0.0239. The number of benzene rings is 1. The molecule has 0 bridgehead atoms. The van der Waals surface area contributed by atoms with Crippen LogP contribution in [0.1, 0.15) is 16.8 Å². The fourth-order valence-corrected chi connectivity index (χ4v) is 3.66. The molecule has 2 aliphatic heterocycles. The lowest BCUT2D eigenvalue weighted by Crippen LogP contribution is -2.38. The van der Waals surface area contributed by atoms with Crippen molar-refractivity contribution in [2.45, 2.75) is 12.5 Å². The van der Waals surface area contributed by atoms with Crippen molar-refractivity contribution in [3.8, 4) is 0 Å². The molecule has 0 spiro atoms. The largest absolute Gasteiger partial charge is 0.351 e. The van der Waals surface area contributed by atoms with E-state index in [9.17, 15) is 14.4 Å². The molecule has 2 atom stereocenters. The van der Waals surface area contributed by atoms with Gasteiger partial charge in [0.25, 0.3) is 11.5 Å². The van der Waals surface area contributed by atoms with Gasteiger partial charge in [-0.25, -0.2) is 0 Å². The van der Waals surface area contributed by atoms with Crippen molar-refractivity contribution in [2.75, 3.05) is 13.1 Å². The summed E-state index contributed by atoms with van der Waals surface area (Å²) < 4.78 is 1.52. The number of fused-ring (bicyclic) bond motifs is 2.